The molecule has 0 aliphatic carbocycles. The Morgan fingerprint density at radius 1 is 1.47 bits per heavy atom. The molecule has 0 fully saturated rings. The van der Waals surface area contributed by atoms with Crippen molar-refractivity contribution in [2.45, 2.75) is 39.3 Å². The lowest BCUT2D eigenvalue weighted by Gasteiger charge is -2.06. The Bertz CT molecular complexity index is 703. The zero-order valence-electron chi connectivity index (χ0n) is 10.8. The maximum atomic E-state index is 13.2. The summed E-state index contributed by atoms with van der Waals surface area (Å²) in [6.07, 6.45) is 0.946. The van der Waals surface area contributed by atoms with E-state index in [-0.39, 0.29) is 16.9 Å². The molecule has 0 aliphatic rings. The minimum absolute atomic E-state index is 0.0955. The van der Waals surface area contributed by atoms with E-state index >= 15 is 0 Å². The molecule has 0 spiro atoms. The van der Waals surface area contributed by atoms with Crippen LogP contribution >= 0.6 is 0 Å². The molecule has 1 atom stereocenters. The summed E-state index contributed by atoms with van der Waals surface area (Å²) < 4.78 is 18.1. The fraction of sp³-hybridized carbons (Fsp3) is 0.462. The SMILES string of the molecule is CCCCc1cc(=O)oc2nc(C(C)F)[nH]c(=O)c12. The highest BCUT2D eigenvalue weighted by Gasteiger charge is 2.14. The molecular weight excluding hydrogens is 251 g/mol. The Kier molecular flexibility index (Phi) is 3.78. The zero-order valence-corrected chi connectivity index (χ0v) is 10.8. The number of hydrogen-bond donors (Lipinski definition) is 1. The number of H-pyrrole nitrogens is 1. The Hall–Kier alpha value is -1.98. The normalized spacial score (nSPS) is 12.8. The summed E-state index contributed by atoms with van der Waals surface area (Å²) >= 11 is 0. The van der Waals surface area contributed by atoms with Gasteiger partial charge in [0.15, 0.2) is 6.17 Å². The van der Waals surface area contributed by atoms with Crippen molar-refractivity contribution in [3.63, 3.8) is 0 Å². The number of hydrogen-bond acceptors (Lipinski definition) is 4. The second-order valence-electron chi connectivity index (χ2n) is 4.44. The van der Waals surface area contributed by atoms with E-state index in [2.05, 4.69) is 9.97 Å². The quantitative estimate of drug-likeness (QED) is 0.920. The lowest BCUT2D eigenvalue weighted by Crippen LogP contribution is -2.16. The first kappa shape index (κ1) is 13.5. The smallest absolute Gasteiger partial charge is 0.337 e. The molecule has 2 aromatic rings. The number of fused-ring (bicyclic) bond motifs is 1. The first-order valence-electron chi connectivity index (χ1n) is 6.24. The van der Waals surface area contributed by atoms with Crippen LogP contribution < -0.4 is 11.2 Å². The van der Waals surface area contributed by atoms with Crippen molar-refractivity contribution in [2.75, 3.05) is 0 Å². The van der Waals surface area contributed by atoms with Gasteiger partial charge in [-0.05, 0) is 25.3 Å². The van der Waals surface area contributed by atoms with Gasteiger partial charge in [-0.25, -0.2) is 9.18 Å². The first-order chi connectivity index (χ1) is 9.02. The molecule has 2 heterocycles. The van der Waals surface area contributed by atoms with E-state index in [1.165, 1.54) is 13.0 Å². The van der Waals surface area contributed by atoms with Crippen LogP contribution in [0.3, 0.4) is 0 Å². The molecule has 1 N–H and O–H groups in total. The Labute approximate surface area is 108 Å². The number of alkyl halides is 1. The topological polar surface area (TPSA) is 76.0 Å². The summed E-state index contributed by atoms with van der Waals surface area (Å²) in [6.45, 7) is 3.27. The van der Waals surface area contributed by atoms with Crippen molar-refractivity contribution in [1.29, 1.82) is 0 Å². The monoisotopic (exact) mass is 266 g/mol. The predicted molar refractivity (Wildman–Crippen MR) is 69.0 cm³/mol. The van der Waals surface area contributed by atoms with Crippen molar-refractivity contribution < 1.29 is 8.81 Å². The maximum Gasteiger partial charge on any atom is 0.337 e. The van der Waals surface area contributed by atoms with Crippen LogP contribution in [0.4, 0.5) is 4.39 Å². The first-order valence-corrected chi connectivity index (χ1v) is 6.24. The van der Waals surface area contributed by atoms with E-state index in [0.717, 1.165) is 12.8 Å². The summed E-state index contributed by atoms with van der Waals surface area (Å²) in [5.41, 5.74) is -0.546. The van der Waals surface area contributed by atoms with Gasteiger partial charge in [0.1, 0.15) is 11.2 Å². The highest BCUT2D eigenvalue weighted by molar-refractivity contribution is 5.75. The Balaban J connectivity index is 2.71. The zero-order chi connectivity index (χ0) is 14.0. The van der Waals surface area contributed by atoms with Gasteiger partial charge in [0.25, 0.3) is 5.56 Å². The molecule has 0 amide bonds. The average Bonchev–Trinajstić information content (AvgIpc) is 2.34. The summed E-state index contributed by atoms with van der Waals surface area (Å²) in [6, 6.07) is 1.30. The van der Waals surface area contributed by atoms with E-state index < -0.39 is 17.4 Å². The van der Waals surface area contributed by atoms with Crippen molar-refractivity contribution in [3.8, 4) is 0 Å². The lowest BCUT2D eigenvalue weighted by molar-refractivity contribution is 0.355. The van der Waals surface area contributed by atoms with Gasteiger partial charge in [-0.1, -0.05) is 13.3 Å². The second-order valence-corrected chi connectivity index (χ2v) is 4.44. The molecule has 0 saturated carbocycles. The number of aromatic nitrogens is 2. The van der Waals surface area contributed by atoms with Crippen molar-refractivity contribution in [3.05, 3.63) is 38.2 Å². The second kappa shape index (κ2) is 5.34. The molecule has 0 aromatic carbocycles. The van der Waals surface area contributed by atoms with Crippen LogP contribution in [0.15, 0.2) is 20.1 Å². The third-order valence-corrected chi connectivity index (χ3v) is 2.89. The van der Waals surface area contributed by atoms with E-state index in [1.807, 2.05) is 6.92 Å². The fourth-order valence-corrected chi connectivity index (χ4v) is 1.92. The lowest BCUT2D eigenvalue weighted by atomic mass is 10.1. The van der Waals surface area contributed by atoms with Crippen LogP contribution in [0.5, 0.6) is 0 Å². The van der Waals surface area contributed by atoms with E-state index in [0.29, 0.717) is 12.0 Å². The summed E-state index contributed by atoms with van der Waals surface area (Å²) in [5.74, 6) is -0.131. The van der Waals surface area contributed by atoms with E-state index in [4.69, 9.17) is 4.42 Å². The average molecular weight is 266 g/mol. The van der Waals surface area contributed by atoms with Crippen molar-refractivity contribution in [2.24, 2.45) is 0 Å². The van der Waals surface area contributed by atoms with Crippen LogP contribution in [0.1, 0.15) is 44.2 Å². The minimum atomic E-state index is -1.43. The third kappa shape index (κ3) is 2.72. The van der Waals surface area contributed by atoms with Crippen LogP contribution in [0, 0.1) is 0 Å². The van der Waals surface area contributed by atoms with Gasteiger partial charge in [0.05, 0.1) is 0 Å². The number of nitrogens with one attached hydrogen (secondary N) is 1. The highest BCUT2D eigenvalue weighted by atomic mass is 19.1. The molecule has 6 heteroatoms. The predicted octanol–water partition coefficient (Wildman–Crippen LogP) is 2.25. The molecule has 1 unspecified atom stereocenters. The third-order valence-electron chi connectivity index (χ3n) is 2.89. The van der Waals surface area contributed by atoms with Gasteiger partial charge in [-0.15, -0.1) is 0 Å². The molecule has 19 heavy (non-hydrogen) atoms. The molecule has 0 aliphatic heterocycles. The van der Waals surface area contributed by atoms with Crippen LogP contribution in [0.25, 0.3) is 11.1 Å². The van der Waals surface area contributed by atoms with Gasteiger partial charge in [-0.2, -0.15) is 4.98 Å². The number of aryl methyl sites for hydroxylation is 1. The number of aromatic amines is 1. The summed E-state index contributed by atoms with van der Waals surface area (Å²) in [5, 5.41) is 0.234. The molecule has 2 aromatic heterocycles. The molecule has 0 radical (unpaired) electrons. The number of rotatable bonds is 4. The summed E-state index contributed by atoms with van der Waals surface area (Å²) in [7, 11) is 0. The largest absolute Gasteiger partial charge is 0.403 e. The molecular formula is C13H15FN2O3. The van der Waals surface area contributed by atoms with Gasteiger partial charge in [0.2, 0.25) is 5.71 Å². The van der Waals surface area contributed by atoms with Crippen molar-refractivity contribution >= 4 is 11.1 Å². The Morgan fingerprint density at radius 3 is 2.84 bits per heavy atom. The van der Waals surface area contributed by atoms with Crippen molar-refractivity contribution in [1.82, 2.24) is 9.97 Å². The number of halogens is 1. The van der Waals surface area contributed by atoms with Gasteiger partial charge >= 0.3 is 5.63 Å². The minimum Gasteiger partial charge on any atom is -0.403 e. The van der Waals surface area contributed by atoms with Gasteiger partial charge in [0, 0.05) is 6.07 Å². The molecule has 0 bridgehead atoms. The number of unbranched alkanes of at least 4 members (excludes halogenated alkanes) is 1. The Morgan fingerprint density at radius 2 is 2.21 bits per heavy atom. The summed E-state index contributed by atoms with van der Waals surface area (Å²) in [4.78, 5) is 29.7. The van der Waals surface area contributed by atoms with E-state index in [1.54, 1.807) is 0 Å². The fourth-order valence-electron chi connectivity index (χ4n) is 1.92. The molecule has 102 valence electrons. The van der Waals surface area contributed by atoms with Crippen LogP contribution in [-0.4, -0.2) is 9.97 Å². The molecule has 2 rings (SSSR count). The van der Waals surface area contributed by atoms with Gasteiger partial charge < -0.3 is 9.40 Å². The maximum absolute atomic E-state index is 13.2. The molecule has 5 nitrogen and oxygen atoms in total. The van der Waals surface area contributed by atoms with E-state index in [9.17, 15) is 14.0 Å². The molecule has 0 saturated heterocycles. The highest BCUT2D eigenvalue weighted by Crippen LogP contribution is 2.16. The number of nitrogens with zero attached hydrogens (tertiary/aromatic N) is 1. The van der Waals surface area contributed by atoms with Crippen LogP contribution in [0.2, 0.25) is 0 Å². The van der Waals surface area contributed by atoms with Crippen LogP contribution in [-0.2, 0) is 6.42 Å². The standard InChI is InChI=1S/C13H15FN2O3/c1-3-4-5-8-6-9(17)19-13-10(8)12(18)15-11(16-13)7(2)14/h6-7H,3-5H2,1-2H3,(H,15,16,18). The van der Waals surface area contributed by atoms with Gasteiger partial charge in [-0.3, -0.25) is 4.79 Å².